The molecule has 0 saturated carbocycles. The maximum absolute atomic E-state index is 12.6. The summed E-state index contributed by atoms with van der Waals surface area (Å²) in [5, 5.41) is 16.4. The maximum Gasteiger partial charge on any atom is 0.289 e. The van der Waals surface area contributed by atoms with E-state index >= 15 is 0 Å². The number of aryl methyl sites for hydroxylation is 1. The summed E-state index contributed by atoms with van der Waals surface area (Å²) >= 11 is 6.19. The molecule has 8 nitrogen and oxygen atoms in total. The summed E-state index contributed by atoms with van der Waals surface area (Å²) in [6.45, 7) is 4.24. The predicted octanol–water partition coefficient (Wildman–Crippen LogP) is 5.88. The standard InChI is InChI=1S/C29H25ClN6O2/c1-19-25(20(2)36(35-19)23-9-4-3-5-10-23)17-31-34-29(37)28-16-27(32-33-28)21-12-14-24(15-13-21)38-18-22-8-6-7-11-26(22)30/h3-17H,18H2,1-2H3,(H,32,33)(H,34,37)/b31-17+. The van der Waals surface area contributed by atoms with E-state index in [-0.39, 0.29) is 0 Å². The zero-order chi connectivity index (χ0) is 26.5. The largest absolute Gasteiger partial charge is 0.489 e. The van der Waals surface area contributed by atoms with Gasteiger partial charge in [0.2, 0.25) is 0 Å². The second kappa shape index (κ2) is 11.1. The van der Waals surface area contributed by atoms with Gasteiger partial charge in [-0.2, -0.15) is 15.3 Å². The van der Waals surface area contributed by atoms with E-state index in [0.717, 1.165) is 33.8 Å². The molecule has 9 heteroatoms. The first kappa shape index (κ1) is 25.0. The Morgan fingerprint density at radius 2 is 1.79 bits per heavy atom. The van der Waals surface area contributed by atoms with E-state index in [1.807, 2.05) is 97.4 Å². The Morgan fingerprint density at radius 1 is 1.05 bits per heavy atom. The van der Waals surface area contributed by atoms with Crippen molar-refractivity contribution >= 4 is 23.7 Å². The molecule has 3 aromatic carbocycles. The molecule has 0 saturated heterocycles. The Bertz CT molecular complexity index is 1590. The number of nitrogens with zero attached hydrogens (tertiary/aromatic N) is 4. The van der Waals surface area contributed by atoms with Gasteiger partial charge < -0.3 is 4.74 Å². The van der Waals surface area contributed by atoms with Crippen molar-refractivity contribution < 1.29 is 9.53 Å². The fourth-order valence-electron chi connectivity index (χ4n) is 3.96. The van der Waals surface area contributed by atoms with Crippen LogP contribution in [0, 0.1) is 13.8 Å². The maximum atomic E-state index is 12.6. The van der Waals surface area contributed by atoms with Gasteiger partial charge in [0.25, 0.3) is 5.91 Å². The van der Waals surface area contributed by atoms with E-state index in [2.05, 4.69) is 25.8 Å². The quantitative estimate of drug-likeness (QED) is 0.196. The van der Waals surface area contributed by atoms with Crippen LogP contribution < -0.4 is 10.2 Å². The number of carbonyl (C=O) groups excluding carboxylic acids is 1. The number of nitrogens with one attached hydrogen (secondary N) is 2. The highest BCUT2D eigenvalue weighted by atomic mass is 35.5. The Kier molecular flexibility index (Phi) is 7.33. The highest BCUT2D eigenvalue weighted by Crippen LogP contribution is 2.23. The number of para-hydroxylation sites is 1. The minimum Gasteiger partial charge on any atom is -0.489 e. The topological polar surface area (TPSA) is 97.2 Å². The Labute approximate surface area is 224 Å². The monoisotopic (exact) mass is 524 g/mol. The van der Waals surface area contributed by atoms with Crippen LogP contribution >= 0.6 is 11.6 Å². The Morgan fingerprint density at radius 3 is 2.55 bits per heavy atom. The van der Waals surface area contributed by atoms with Crippen molar-refractivity contribution in [3.63, 3.8) is 0 Å². The van der Waals surface area contributed by atoms with Crippen LogP contribution in [0.4, 0.5) is 0 Å². The fourth-order valence-corrected chi connectivity index (χ4v) is 4.15. The number of ether oxygens (including phenoxy) is 1. The van der Waals surface area contributed by atoms with Gasteiger partial charge in [0.05, 0.1) is 29.0 Å². The summed E-state index contributed by atoms with van der Waals surface area (Å²) in [6.07, 6.45) is 1.60. The van der Waals surface area contributed by atoms with E-state index in [1.165, 1.54) is 0 Å². The van der Waals surface area contributed by atoms with Crippen LogP contribution in [-0.4, -0.2) is 32.1 Å². The van der Waals surface area contributed by atoms with Crippen LogP contribution in [0.15, 0.2) is 90.0 Å². The van der Waals surface area contributed by atoms with Gasteiger partial charge in [-0.3, -0.25) is 9.89 Å². The molecule has 2 heterocycles. The van der Waals surface area contributed by atoms with Gasteiger partial charge in [-0.15, -0.1) is 0 Å². The molecular formula is C29H25ClN6O2. The molecule has 0 aliphatic rings. The van der Waals surface area contributed by atoms with Gasteiger partial charge in [-0.05, 0) is 62.4 Å². The van der Waals surface area contributed by atoms with E-state index < -0.39 is 5.91 Å². The molecule has 0 bridgehead atoms. The van der Waals surface area contributed by atoms with Crippen molar-refractivity contribution in [2.24, 2.45) is 5.10 Å². The number of aromatic nitrogens is 4. The number of aromatic amines is 1. The first-order valence-electron chi connectivity index (χ1n) is 12.0. The van der Waals surface area contributed by atoms with Crippen molar-refractivity contribution in [1.29, 1.82) is 0 Å². The third-order valence-electron chi connectivity index (χ3n) is 6.03. The number of hydrogen-bond donors (Lipinski definition) is 2. The predicted molar refractivity (Wildman–Crippen MR) is 148 cm³/mol. The summed E-state index contributed by atoms with van der Waals surface area (Å²) < 4.78 is 7.69. The van der Waals surface area contributed by atoms with E-state index in [4.69, 9.17) is 16.3 Å². The van der Waals surface area contributed by atoms with Gasteiger partial charge in [-0.25, -0.2) is 10.1 Å². The molecule has 38 heavy (non-hydrogen) atoms. The number of hydrazone groups is 1. The number of halogens is 1. The third-order valence-corrected chi connectivity index (χ3v) is 6.40. The number of hydrogen-bond acceptors (Lipinski definition) is 5. The number of H-pyrrole nitrogens is 1. The van der Waals surface area contributed by atoms with Crippen molar-refractivity contribution in [2.45, 2.75) is 20.5 Å². The van der Waals surface area contributed by atoms with Crippen LogP contribution in [0.5, 0.6) is 5.75 Å². The van der Waals surface area contributed by atoms with Crippen LogP contribution in [0.2, 0.25) is 5.02 Å². The average Bonchev–Trinajstić information content (AvgIpc) is 3.54. The van der Waals surface area contributed by atoms with Crippen LogP contribution in [-0.2, 0) is 6.61 Å². The molecule has 2 N–H and O–H groups in total. The normalized spacial score (nSPS) is 11.1. The minimum absolute atomic E-state index is 0.296. The van der Waals surface area contributed by atoms with Gasteiger partial charge in [0.1, 0.15) is 18.1 Å². The molecule has 2 aromatic heterocycles. The molecule has 0 spiro atoms. The number of amides is 1. The first-order chi connectivity index (χ1) is 18.5. The van der Waals surface area contributed by atoms with Gasteiger partial charge >= 0.3 is 0 Å². The summed E-state index contributed by atoms with van der Waals surface area (Å²) in [4.78, 5) is 12.6. The van der Waals surface area contributed by atoms with Crippen molar-refractivity contribution in [1.82, 2.24) is 25.4 Å². The summed E-state index contributed by atoms with van der Waals surface area (Å²) in [5.41, 5.74) is 8.78. The summed E-state index contributed by atoms with van der Waals surface area (Å²) in [6, 6.07) is 26.6. The van der Waals surface area contributed by atoms with Crippen LogP contribution in [0.1, 0.15) is 33.0 Å². The lowest BCUT2D eigenvalue weighted by atomic mass is 10.1. The van der Waals surface area contributed by atoms with Gasteiger partial charge in [0.15, 0.2) is 0 Å². The van der Waals surface area contributed by atoms with Crippen molar-refractivity contribution in [2.75, 3.05) is 0 Å². The molecule has 0 fully saturated rings. The minimum atomic E-state index is -0.398. The molecule has 1 amide bonds. The SMILES string of the molecule is Cc1nn(-c2ccccc2)c(C)c1/C=N/NC(=O)c1cc(-c2ccc(OCc3ccccc3Cl)cc2)n[nH]1. The average molecular weight is 525 g/mol. The molecular weight excluding hydrogens is 500 g/mol. The van der Waals surface area contributed by atoms with Gasteiger partial charge in [0, 0.05) is 21.7 Å². The van der Waals surface area contributed by atoms with Crippen molar-refractivity contribution in [3.8, 4) is 22.7 Å². The van der Waals surface area contributed by atoms with Crippen LogP contribution in [0.25, 0.3) is 16.9 Å². The highest BCUT2D eigenvalue weighted by molar-refractivity contribution is 6.31. The molecule has 0 atom stereocenters. The number of benzene rings is 3. The molecule has 0 aliphatic carbocycles. The Hall–Kier alpha value is -4.69. The molecule has 0 unspecified atom stereocenters. The zero-order valence-electron chi connectivity index (χ0n) is 20.9. The van der Waals surface area contributed by atoms with Crippen molar-refractivity contribution in [3.05, 3.63) is 118 Å². The number of rotatable bonds is 8. The van der Waals surface area contributed by atoms with Gasteiger partial charge in [-0.1, -0.05) is 48.0 Å². The lowest BCUT2D eigenvalue weighted by Gasteiger charge is -2.08. The van der Waals surface area contributed by atoms with E-state index in [9.17, 15) is 4.79 Å². The molecule has 190 valence electrons. The fraction of sp³-hybridized carbons (Fsp3) is 0.103. The summed E-state index contributed by atoms with van der Waals surface area (Å²) in [5.74, 6) is 0.308. The first-order valence-corrected chi connectivity index (χ1v) is 12.3. The van der Waals surface area contributed by atoms with E-state index in [1.54, 1.807) is 12.3 Å². The second-order valence-corrected chi connectivity index (χ2v) is 9.01. The third kappa shape index (κ3) is 5.50. The zero-order valence-corrected chi connectivity index (χ0v) is 21.6. The highest BCUT2D eigenvalue weighted by Gasteiger charge is 2.13. The molecule has 0 radical (unpaired) electrons. The summed E-state index contributed by atoms with van der Waals surface area (Å²) in [7, 11) is 0. The second-order valence-electron chi connectivity index (χ2n) is 8.60. The lowest BCUT2D eigenvalue weighted by molar-refractivity contribution is 0.0950. The molecule has 5 aromatic rings. The number of carbonyl (C=O) groups is 1. The molecule has 0 aliphatic heterocycles. The van der Waals surface area contributed by atoms with E-state index in [0.29, 0.717) is 28.8 Å². The Balaban J connectivity index is 1.20. The smallest absolute Gasteiger partial charge is 0.289 e. The lowest BCUT2D eigenvalue weighted by Crippen LogP contribution is -2.18. The van der Waals surface area contributed by atoms with Crippen LogP contribution in [0.3, 0.4) is 0 Å². The molecule has 5 rings (SSSR count).